The van der Waals surface area contributed by atoms with E-state index in [4.69, 9.17) is 17.0 Å². The molecule has 0 spiro atoms. The largest absolute Gasteiger partial charge is 0.379 e. The number of pyridine rings is 1. The van der Waals surface area contributed by atoms with E-state index in [9.17, 15) is 0 Å². The number of thiocarbonyl (C=S) groups is 1. The van der Waals surface area contributed by atoms with Crippen LogP contribution in [0.3, 0.4) is 0 Å². The Labute approximate surface area is 187 Å². The van der Waals surface area contributed by atoms with Crippen molar-refractivity contribution in [2.24, 2.45) is 0 Å². The lowest BCUT2D eigenvalue weighted by Crippen LogP contribution is -2.62. The zero-order valence-electron chi connectivity index (χ0n) is 19.1. The van der Waals surface area contributed by atoms with E-state index < -0.39 is 0 Å². The predicted octanol–water partition coefficient (Wildman–Crippen LogP) is 2.79. The van der Waals surface area contributed by atoms with Crippen molar-refractivity contribution in [3.63, 3.8) is 0 Å². The molecule has 1 aromatic rings. The molecular weight excluding hydrogens is 394 g/mol. The van der Waals surface area contributed by atoms with Crippen LogP contribution in [0.1, 0.15) is 52.5 Å². The number of nitrogens with one attached hydrogen (secondary N) is 2. The Bertz CT molecular complexity index is 659. The zero-order chi connectivity index (χ0) is 21.6. The van der Waals surface area contributed by atoms with Gasteiger partial charge in [-0.15, -0.1) is 0 Å². The molecule has 0 amide bonds. The highest BCUT2D eigenvalue weighted by Gasteiger charge is 2.38. The molecule has 30 heavy (non-hydrogen) atoms. The van der Waals surface area contributed by atoms with E-state index in [1.165, 1.54) is 5.56 Å². The van der Waals surface area contributed by atoms with E-state index in [0.717, 1.165) is 70.3 Å². The van der Waals surface area contributed by atoms with Gasteiger partial charge in [0.05, 0.1) is 13.2 Å². The lowest BCUT2D eigenvalue weighted by molar-refractivity contribution is 0.0367. The van der Waals surface area contributed by atoms with Gasteiger partial charge in [-0.25, -0.2) is 0 Å². The second kappa shape index (κ2) is 10.4. The van der Waals surface area contributed by atoms with Crippen LogP contribution in [0, 0.1) is 0 Å². The van der Waals surface area contributed by atoms with Gasteiger partial charge in [-0.2, -0.15) is 0 Å². The second-order valence-electron chi connectivity index (χ2n) is 10.0. The molecule has 0 bridgehead atoms. The Morgan fingerprint density at radius 2 is 1.83 bits per heavy atom. The molecule has 168 valence electrons. The van der Waals surface area contributed by atoms with E-state index in [1.807, 2.05) is 12.4 Å². The summed E-state index contributed by atoms with van der Waals surface area (Å²) >= 11 is 5.92. The smallest absolute Gasteiger partial charge is 0.169 e. The van der Waals surface area contributed by atoms with E-state index in [-0.39, 0.29) is 11.1 Å². The number of piperidine rings is 1. The van der Waals surface area contributed by atoms with Crippen LogP contribution in [0.4, 0.5) is 0 Å². The molecule has 0 radical (unpaired) electrons. The Morgan fingerprint density at radius 3 is 2.47 bits per heavy atom. The lowest BCUT2D eigenvalue weighted by atomic mass is 9.80. The van der Waals surface area contributed by atoms with Crippen molar-refractivity contribution >= 4 is 17.3 Å². The van der Waals surface area contributed by atoms with Gasteiger partial charge >= 0.3 is 0 Å². The molecule has 6 nitrogen and oxygen atoms in total. The average molecular weight is 434 g/mol. The standard InChI is InChI=1S/C23H39N5OS/c1-22(2)16-20(17-23(3,4)26-22)25-21(30)28(18-19-6-8-24-9-7-19)11-5-10-27-12-14-29-15-13-27/h6-9,20,26H,5,10-18H2,1-4H3,(H,25,30). The molecular formula is C23H39N5OS. The molecule has 0 aromatic carbocycles. The summed E-state index contributed by atoms with van der Waals surface area (Å²) in [6, 6.07) is 4.53. The summed E-state index contributed by atoms with van der Waals surface area (Å²) in [6.07, 6.45) is 6.93. The molecule has 2 saturated heterocycles. The van der Waals surface area contributed by atoms with Crippen LogP contribution in [-0.4, -0.2) is 76.4 Å². The first-order valence-electron chi connectivity index (χ1n) is 11.3. The topological polar surface area (TPSA) is 52.7 Å². The maximum Gasteiger partial charge on any atom is 0.169 e. The van der Waals surface area contributed by atoms with Gasteiger partial charge in [0, 0.05) is 62.2 Å². The monoisotopic (exact) mass is 433 g/mol. The van der Waals surface area contributed by atoms with E-state index in [1.54, 1.807) is 0 Å². The van der Waals surface area contributed by atoms with Crippen LogP contribution < -0.4 is 10.6 Å². The quantitative estimate of drug-likeness (QED) is 0.641. The molecule has 0 atom stereocenters. The summed E-state index contributed by atoms with van der Waals surface area (Å²) in [4.78, 5) is 8.97. The van der Waals surface area contributed by atoms with E-state index in [2.05, 4.69) is 65.2 Å². The minimum atomic E-state index is 0.0985. The summed E-state index contributed by atoms with van der Waals surface area (Å²) in [7, 11) is 0. The van der Waals surface area contributed by atoms with Crippen molar-refractivity contribution in [3.8, 4) is 0 Å². The number of hydrogen-bond donors (Lipinski definition) is 2. The number of morpholine rings is 1. The van der Waals surface area contributed by atoms with Gasteiger partial charge in [0.2, 0.25) is 0 Å². The Morgan fingerprint density at radius 1 is 1.20 bits per heavy atom. The van der Waals surface area contributed by atoms with Crippen molar-refractivity contribution in [3.05, 3.63) is 30.1 Å². The number of aromatic nitrogens is 1. The van der Waals surface area contributed by atoms with Crippen molar-refractivity contribution in [1.82, 2.24) is 25.4 Å². The summed E-state index contributed by atoms with van der Waals surface area (Å²) in [5.74, 6) is 0. The molecule has 0 unspecified atom stereocenters. The maximum atomic E-state index is 5.92. The molecule has 3 heterocycles. The normalized spacial score (nSPS) is 21.9. The fourth-order valence-corrected chi connectivity index (χ4v) is 5.28. The zero-order valence-corrected chi connectivity index (χ0v) is 19.9. The van der Waals surface area contributed by atoms with Gasteiger partial charge in [-0.1, -0.05) is 0 Å². The minimum absolute atomic E-state index is 0.0985. The van der Waals surface area contributed by atoms with Crippen molar-refractivity contribution in [1.29, 1.82) is 0 Å². The van der Waals surface area contributed by atoms with Gasteiger partial charge < -0.3 is 20.3 Å². The van der Waals surface area contributed by atoms with Gasteiger partial charge in [-0.05, 0) is 76.9 Å². The van der Waals surface area contributed by atoms with Crippen LogP contribution in [0.2, 0.25) is 0 Å². The van der Waals surface area contributed by atoms with E-state index in [0.29, 0.717) is 6.04 Å². The molecule has 2 fully saturated rings. The predicted molar refractivity (Wildman–Crippen MR) is 127 cm³/mol. The third-order valence-electron chi connectivity index (χ3n) is 5.93. The second-order valence-corrected chi connectivity index (χ2v) is 10.4. The number of hydrogen-bond acceptors (Lipinski definition) is 5. The summed E-state index contributed by atoms with van der Waals surface area (Å²) in [6.45, 7) is 15.7. The molecule has 2 aliphatic heterocycles. The Balaban J connectivity index is 1.60. The molecule has 3 rings (SSSR count). The van der Waals surface area contributed by atoms with Crippen LogP contribution in [0.5, 0.6) is 0 Å². The first-order chi connectivity index (χ1) is 14.2. The van der Waals surface area contributed by atoms with E-state index >= 15 is 0 Å². The third kappa shape index (κ3) is 7.45. The van der Waals surface area contributed by atoms with Crippen LogP contribution in [0.25, 0.3) is 0 Å². The maximum absolute atomic E-state index is 5.92. The van der Waals surface area contributed by atoms with Crippen molar-refractivity contribution in [2.75, 3.05) is 39.4 Å². The third-order valence-corrected chi connectivity index (χ3v) is 6.31. The summed E-state index contributed by atoms with van der Waals surface area (Å²) in [5, 5.41) is 8.33. The van der Waals surface area contributed by atoms with Crippen LogP contribution in [-0.2, 0) is 11.3 Å². The number of nitrogens with zero attached hydrogens (tertiary/aromatic N) is 3. The molecule has 2 aliphatic rings. The molecule has 2 N–H and O–H groups in total. The lowest BCUT2D eigenvalue weighted by Gasteiger charge is -2.47. The fourth-order valence-electron chi connectivity index (χ4n) is 4.96. The first kappa shape index (κ1) is 23.4. The summed E-state index contributed by atoms with van der Waals surface area (Å²) < 4.78 is 5.47. The van der Waals surface area contributed by atoms with Crippen LogP contribution >= 0.6 is 12.2 Å². The van der Waals surface area contributed by atoms with Gasteiger partial charge in [0.1, 0.15) is 0 Å². The first-order valence-corrected chi connectivity index (χ1v) is 11.7. The highest BCUT2D eigenvalue weighted by molar-refractivity contribution is 7.80. The van der Waals surface area contributed by atoms with Crippen LogP contribution in [0.15, 0.2) is 24.5 Å². The SMILES string of the molecule is CC1(C)CC(NC(=S)N(CCCN2CCOCC2)Cc2ccncc2)CC(C)(C)N1. The van der Waals surface area contributed by atoms with Crippen molar-refractivity contribution in [2.45, 2.75) is 70.6 Å². The van der Waals surface area contributed by atoms with Gasteiger partial charge in [0.25, 0.3) is 0 Å². The van der Waals surface area contributed by atoms with Crippen molar-refractivity contribution < 1.29 is 4.74 Å². The molecule has 0 aliphatic carbocycles. The minimum Gasteiger partial charge on any atom is -0.379 e. The Kier molecular flexibility index (Phi) is 8.07. The fraction of sp³-hybridized carbons (Fsp3) is 0.739. The molecule has 7 heteroatoms. The number of rotatable bonds is 7. The average Bonchev–Trinajstić information content (AvgIpc) is 2.66. The highest BCUT2D eigenvalue weighted by atomic mass is 32.1. The molecule has 1 aromatic heterocycles. The Hall–Kier alpha value is -1.28. The molecule has 0 saturated carbocycles. The summed E-state index contributed by atoms with van der Waals surface area (Å²) in [5.41, 5.74) is 1.44. The van der Waals surface area contributed by atoms with Gasteiger partial charge in [0.15, 0.2) is 5.11 Å². The highest BCUT2D eigenvalue weighted by Crippen LogP contribution is 2.28. The van der Waals surface area contributed by atoms with Gasteiger partial charge in [-0.3, -0.25) is 9.88 Å². The number of ether oxygens (including phenoxy) is 1.